The van der Waals surface area contributed by atoms with Crippen LogP contribution in [0.3, 0.4) is 0 Å². The van der Waals surface area contributed by atoms with Crippen LogP contribution in [0.2, 0.25) is 5.02 Å². The zero-order valence-corrected chi connectivity index (χ0v) is 19.4. The lowest BCUT2D eigenvalue weighted by atomic mass is 10.2. The smallest absolute Gasteiger partial charge is 0.196 e. The van der Waals surface area contributed by atoms with Crippen LogP contribution in [0.15, 0.2) is 40.6 Å². The predicted molar refractivity (Wildman–Crippen MR) is 130 cm³/mol. The largest absolute Gasteiger partial charge is 0.353 e. The van der Waals surface area contributed by atoms with Gasteiger partial charge in [0.05, 0.1) is 21.4 Å². The molecule has 0 aromatic carbocycles. The second-order valence-corrected chi connectivity index (χ2v) is 9.04. The van der Waals surface area contributed by atoms with E-state index in [2.05, 4.69) is 37.4 Å². The Morgan fingerprint density at radius 3 is 2.66 bits per heavy atom. The highest BCUT2D eigenvalue weighted by Gasteiger charge is 2.21. The molecule has 1 aliphatic heterocycles. The Hall–Kier alpha value is -2.46. The van der Waals surface area contributed by atoms with Crippen LogP contribution in [0, 0.1) is 0 Å². The molecular weight excluding hydrogens is 444 g/mol. The maximum atomic E-state index is 6.77. The molecule has 32 heavy (non-hydrogen) atoms. The summed E-state index contributed by atoms with van der Waals surface area (Å²) < 4.78 is 0. The van der Waals surface area contributed by atoms with Crippen LogP contribution in [0.4, 0.5) is 5.82 Å². The van der Waals surface area contributed by atoms with Gasteiger partial charge in [0.15, 0.2) is 5.16 Å². The fraction of sp³-hybridized carbons (Fsp3) is 0.364. The number of rotatable bonds is 4. The third-order valence-corrected chi connectivity index (χ3v) is 6.75. The number of halogens is 1. The summed E-state index contributed by atoms with van der Waals surface area (Å²) in [5.74, 6) is 0.871. The van der Waals surface area contributed by atoms with Gasteiger partial charge >= 0.3 is 0 Å². The predicted octanol–water partition coefficient (Wildman–Crippen LogP) is 3.27. The average Bonchev–Trinajstić information content (AvgIpc) is 3.20. The highest BCUT2D eigenvalue weighted by Crippen LogP contribution is 2.36. The van der Waals surface area contributed by atoms with Gasteiger partial charge in [-0.25, -0.2) is 9.97 Å². The zero-order chi connectivity index (χ0) is 21.9. The number of H-pyrrole nitrogens is 1. The molecule has 4 aromatic heterocycles. The van der Waals surface area contributed by atoms with E-state index in [4.69, 9.17) is 21.6 Å². The van der Waals surface area contributed by atoms with E-state index in [0.717, 1.165) is 84.2 Å². The first-order valence-corrected chi connectivity index (χ1v) is 12.1. The van der Waals surface area contributed by atoms with Crippen molar-refractivity contribution in [3.8, 4) is 0 Å². The van der Waals surface area contributed by atoms with Crippen LogP contribution in [0.5, 0.6) is 0 Å². The zero-order valence-electron chi connectivity index (χ0n) is 17.9. The Morgan fingerprint density at radius 2 is 1.88 bits per heavy atom. The first-order chi connectivity index (χ1) is 15.7. The van der Waals surface area contributed by atoms with Crippen molar-refractivity contribution in [2.75, 3.05) is 44.2 Å². The second-order valence-electron chi connectivity index (χ2n) is 7.63. The number of nitrogens with zero attached hydrogens (tertiary/aromatic N) is 5. The first kappa shape index (κ1) is 21.4. The lowest BCUT2D eigenvalue weighted by Gasteiger charge is -2.24. The van der Waals surface area contributed by atoms with Crippen molar-refractivity contribution >= 4 is 51.2 Å². The van der Waals surface area contributed by atoms with E-state index in [9.17, 15) is 0 Å². The number of fused-ring (bicyclic) bond motifs is 2. The van der Waals surface area contributed by atoms with E-state index in [0.29, 0.717) is 10.2 Å². The van der Waals surface area contributed by atoms with Gasteiger partial charge in [-0.05, 0) is 36.4 Å². The number of nitrogens with one attached hydrogen (secondary N) is 3. The summed E-state index contributed by atoms with van der Waals surface area (Å²) in [5.41, 5.74) is 3.48. The standard InChI is InChI=1S/C22H25ClN8S/c1-2-15-19(23)18-20(28-15)29-22(30-21(18)31-10-8-24-6-7-25-9-11-31)32-14-12-17-16(27-13-14)4-3-5-26-17/h3-5,12-13,24-25H,2,6-11H2,1H3,(H,28,29,30). The van der Waals surface area contributed by atoms with Crippen molar-refractivity contribution < 1.29 is 0 Å². The molecule has 5 rings (SSSR count). The topological polar surface area (TPSA) is 94.6 Å². The summed E-state index contributed by atoms with van der Waals surface area (Å²) in [5, 5.41) is 9.20. The molecule has 166 valence electrons. The Labute approximate surface area is 195 Å². The summed E-state index contributed by atoms with van der Waals surface area (Å²) >= 11 is 8.26. The van der Waals surface area contributed by atoms with Crippen LogP contribution < -0.4 is 15.5 Å². The number of aromatic amines is 1. The summed E-state index contributed by atoms with van der Waals surface area (Å²) in [7, 11) is 0. The molecule has 0 unspecified atom stereocenters. The summed E-state index contributed by atoms with van der Waals surface area (Å²) in [6.07, 6.45) is 4.43. The molecule has 10 heteroatoms. The van der Waals surface area contributed by atoms with Crippen LogP contribution in [-0.2, 0) is 6.42 Å². The van der Waals surface area contributed by atoms with Gasteiger partial charge in [-0.1, -0.05) is 18.5 Å². The van der Waals surface area contributed by atoms with Gasteiger partial charge in [-0.3, -0.25) is 9.97 Å². The fourth-order valence-corrected chi connectivity index (χ4v) is 4.97. The quantitative estimate of drug-likeness (QED) is 0.393. The minimum absolute atomic E-state index is 0.658. The Morgan fingerprint density at radius 1 is 1.06 bits per heavy atom. The number of aryl methyl sites for hydroxylation is 1. The molecule has 1 aliphatic rings. The summed E-state index contributed by atoms with van der Waals surface area (Å²) in [4.78, 5) is 25.4. The monoisotopic (exact) mass is 468 g/mol. The minimum atomic E-state index is 0.658. The van der Waals surface area contributed by atoms with Gasteiger partial charge in [-0.2, -0.15) is 0 Å². The maximum absolute atomic E-state index is 6.77. The molecule has 0 bridgehead atoms. The number of hydrogen-bond donors (Lipinski definition) is 3. The van der Waals surface area contributed by atoms with Crippen molar-refractivity contribution in [3.63, 3.8) is 0 Å². The molecule has 4 aromatic rings. The first-order valence-electron chi connectivity index (χ1n) is 10.9. The van der Waals surface area contributed by atoms with Crippen molar-refractivity contribution in [1.29, 1.82) is 0 Å². The van der Waals surface area contributed by atoms with Gasteiger partial charge in [0.1, 0.15) is 11.5 Å². The third kappa shape index (κ3) is 4.38. The molecule has 5 heterocycles. The SMILES string of the molecule is CCc1[nH]c2nc(Sc3cnc4cccnc4c3)nc(N3CCNCCNCC3)c2c1Cl. The molecule has 0 radical (unpaired) electrons. The minimum Gasteiger partial charge on any atom is -0.353 e. The molecular formula is C22H25ClN8S. The van der Waals surface area contributed by atoms with E-state index in [-0.39, 0.29) is 0 Å². The van der Waals surface area contributed by atoms with Crippen molar-refractivity contribution in [2.24, 2.45) is 0 Å². The summed E-state index contributed by atoms with van der Waals surface area (Å²) in [6.45, 7) is 7.48. The molecule has 0 spiro atoms. The Balaban J connectivity index is 1.56. The highest BCUT2D eigenvalue weighted by atomic mass is 35.5. The highest BCUT2D eigenvalue weighted by molar-refractivity contribution is 7.99. The lowest BCUT2D eigenvalue weighted by Crippen LogP contribution is -2.34. The van der Waals surface area contributed by atoms with Crippen LogP contribution in [-0.4, -0.2) is 64.2 Å². The van der Waals surface area contributed by atoms with Crippen molar-refractivity contribution in [2.45, 2.75) is 23.4 Å². The van der Waals surface area contributed by atoms with Gasteiger partial charge in [0.25, 0.3) is 0 Å². The van der Waals surface area contributed by atoms with E-state index in [1.54, 1.807) is 6.20 Å². The average molecular weight is 469 g/mol. The lowest BCUT2D eigenvalue weighted by molar-refractivity contribution is 0.652. The van der Waals surface area contributed by atoms with E-state index in [1.165, 1.54) is 11.8 Å². The van der Waals surface area contributed by atoms with E-state index in [1.807, 2.05) is 24.4 Å². The Kier molecular flexibility index (Phi) is 6.40. The number of anilines is 1. The normalized spacial score (nSPS) is 15.6. The van der Waals surface area contributed by atoms with Gasteiger partial charge < -0.3 is 20.5 Å². The second kappa shape index (κ2) is 9.58. The third-order valence-electron chi connectivity index (χ3n) is 5.51. The van der Waals surface area contributed by atoms with E-state index >= 15 is 0 Å². The number of aromatic nitrogens is 5. The van der Waals surface area contributed by atoms with Gasteiger partial charge in [-0.15, -0.1) is 0 Å². The van der Waals surface area contributed by atoms with Crippen molar-refractivity contribution in [3.05, 3.63) is 41.3 Å². The number of hydrogen-bond acceptors (Lipinski definition) is 8. The van der Waals surface area contributed by atoms with Crippen LogP contribution in [0.25, 0.3) is 22.1 Å². The van der Waals surface area contributed by atoms with E-state index < -0.39 is 0 Å². The van der Waals surface area contributed by atoms with Crippen LogP contribution in [0.1, 0.15) is 12.6 Å². The van der Waals surface area contributed by atoms with Gasteiger partial charge in [0, 0.05) is 62.3 Å². The molecule has 3 N–H and O–H groups in total. The van der Waals surface area contributed by atoms with Crippen molar-refractivity contribution in [1.82, 2.24) is 35.6 Å². The molecule has 0 amide bonds. The van der Waals surface area contributed by atoms with Gasteiger partial charge in [0.2, 0.25) is 0 Å². The molecule has 1 fully saturated rings. The summed E-state index contributed by atoms with van der Waals surface area (Å²) in [6, 6.07) is 5.87. The maximum Gasteiger partial charge on any atom is 0.196 e. The fourth-order valence-electron chi connectivity index (χ4n) is 3.86. The molecule has 0 saturated carbocycles. The molecule has 0 atom stereocenters. The molecule has 1 saturated heterocycles. The Bertz CT molecular complexity index is 1230. The molecule has 8 nitrogen and oxygen atoms in total. The van der Waals surface area contributed by atoms with Crippen LogP contribution >= 0.6 is 23.4 Å². The number of pyridine rings is 2. The molecule has 0 aliphatic carbocycles.